The first-order valence-electron chi connectivity index (χ1n) is 6.23. The largest absolute Gasteiger partial charge is 0.356 e. The molecule has 6 nitrogen and oxygen atoms in total. The van der Waals surface area contributed by atoms with Gasteiger partial charge in [-0.2, -0.15) is 4.98 Å². The molecule has 1 aliphatic rings. The van der Waals surface area contributed by atoms with E-state index in [4.69, 9.17) is 0 Å². The predicted molar refractivity (Wildman–Crippen MR) is 68.7 cm³/mol. The molecule has 3 aromatic rings. The van der Waals surface area contributed by atoms with E-state index in [0.717, 1.165) is 35.8 Å². The first-order valence-corrected chi connectivity index (χ1v) is 6.23. The fourth-order valence-corrected chi connectivity index (χ4v) is 2.70. The quantitative estimate of drug-likeness (QED) is 0.643. The van der Waals surface area contributed by atoms with Gasteiger partial charge in [0.2, 0.25) is 5.78 Å². The Kier molecular flexibility index (Phi) is 1.89. The fourth-order valence-electron chi connectivity index (χ4n) is 2.70. The summed E-state index contributed by atoms with van der Waals surface area (Å²) in [7, 11) is 1.97. The molecule has 4 heterocycles. The van der Waals surface area contributed by atoms with Crippen LogP contribution in [0.4, 0.5) is 5.82 Å². The molecule has 0 saturated carbocycles. The molecule has 1 aliphatic heterocycles. The lowest BCUT2D eigenvalue weighted by Gasteiger charge is -2.19. The first kappa shape index (κ1) is 9.87. The Morgan fingerprint density at radius 1 is 1.17 bits per heavy atom. The van der Waals surface area contributed by atoms with Crippen LogP contribution in [0, 0.1) is 0 Å². The van der Waals surface area contributed by atoms with Gasteiger partial charge in [-0.15, -0.1) is 0 Å². The highest BCUT2D eigenvalue weighted by Crippen LogP contribution is 2.27. The average Bonchev–Trinajstić information content (AvgIpc) is 3.08. The smallest absolute Gasteiger partial charge is 0.237 e. The van der Waals surface area contributed by atoms with E-state index in [9.17, 15) is 0 Å². The van der Waals surface area contributed by atoms with Crippen LogP contribution in [0.25, 0.3) is 16.9 Å². The molecule has 0 atom stereocenters. The van der Waals surface area contributed by atoms with Crippen molar-refractivity contribution in [2.24, 2.45) is 7.05 Å². The van der Waals surface area contributed by atoms with Gasteiger partial charge in [-0.25, -0.2) is 9.97 Å². The Bertz CT molecular complexity index is 719. The average molecular weight is 242 g/mol. The monoisotopic (exact) mass is 242 g/mol. The number of aryl methyl sites for hydroxylation is 1. The standard InChI is InChI=1S/C12H14N6/c1-16-8-14-9-10(16)15-12-13-4-7-18(12)11(9)17-5-2-3-6-17/h4,7-8H,2-3,5-6H2,1H3. The maximum absolute atomic E-state index is 4.55. The van der Waals surface area contributed by atoms with Gasteiger partial charge in [-0.3, -0.25) is 4.40 Å². The first-order chi connectivity index (χ1) is 8.84. The van der Waals surface area contributed by atoms with Crippen molar-refractivity contribution < 1.29 is 0 Å². The van der Waals surface area contributed by atoms with Crippen molar-refractivity contribution in [2.75, 3.05) is 18.0 Å². The molecule has 1 saturated heterocycles. The second-order valence-corrected chi connectivity index (χ2v) is 4.75. The zero-order valence-electron chi connectivity index (χ0n) is 10.2. The molecule has 0 amide bonds. The lowest BCUT2D eigenvalue weighted by molar-refractivity contribution is 0.909. The molecule has 3 aromatic heterocycles. The van der Waals surface area contributed by atoms with Crippen LogP contribution in [0.3, 0.4) is 0 Å². The van der Waals surface area contributed by atoms with E-state index in [1.54, 1.807) is 6.20 Å². The van der Waals surface area contributed by atoms with Crippen molar-refractivity contribution in [1.29, 1.82) is 0 Å². The molecule has 0 aromatic carbocycles. The van der Waals surface area contributed by atoms with Gasteiger partial charge >= 0.3 is 0 Å². The Balaban J connectivity index is 2.12. The van der Waals surface area contributed by atoms with E-state index in [2.05, 4.69) is 19.9 Å². The molecule has 0 spiro atoms. The number of nitrogens with zero attached hydrogens (tertiary/aromatic N) is 6. The molecule has 0 unspecified atom stereocenters. The maximum atomic E-state index is 4.55. The summed E-state index contributed by atoms with van der Waals surface area (Å²) < 4.78 is 3.99. The predicted octanol–water partition coefficient (Wildman–Crippen LogP) is 1.22. The second-order valence-electron chi connectivity index (χ2n) is 4.75. The van der Waals surface area contributed by atoms with E-state index < -0.39 is 0 Å². The minimum Gasteiger partial charge on any atom is -0.356 e. The van der Waals surface area contributed by atoms with Gasteiger partial charge in [0.05, 0.1) is 6.33 Å². The van der Waals surface area contributed by atoms with Gasteiger partial charge in [0.15, 0.2) is 5.65 Å². The molecule has 0 radical (unpaired) electrons. The van der Waals surface area contributed by atoms with E-state index in [0.29, 0.717) is 0 Å². The normalized spacial score (nSPS) is 16.2. The molecular weight excluding hydrogens is 228 g/mol. The van der Waals surface area contributed by atoms with Crippen LogP contribution in [0.2, 0.25) is 0 Å². The Labute approximate surface area is 104 Å². The van der Waals surface area contributed by atoms with E-state index in [-0.39, 0.29) is 0 Å². The highest BCUT2D eigenvalue weighted by molar-refractivity contribution is 5.86. The summed E-state index contributed by atoms with van der Waals surface area (Å²) in [6, 6.07) is 0. The zero-order chi connectivity index (χ0) is 12.1. The number of rotatable bonds is 1. The summed E-state index contributed by atoms with van der Waals surface area (Å²) >= 11 is 0. The molecule has 6 heteroatoms. The van der Waals surface area contributed by atoms with Crippen LogP contribution >= 0.6 is 0 Å². The number of aromatic nitrogens is 5. The summed E-state index contributed by atoms with van der Waals surface area (Å²) in [4.78, 5) is 15.7. The van der Waals surface area contributed by atoms with Crippen LogP contribution in [0.1, 0.15) is 12.8 Å². The highest BCUT2D eigenvalue weighted by Gasteiger charge is 2.21. The third-order valence-corrected chi connectivity index (χ3v) is 3.58. The molecule has 92 valence electrons. The molecule has 4 rings (SSSR count). The highest BCUT2D eigenvalue weighted by atomic mass is 15.3. The number of hydrogen-bond acceptors (Lipinski definition) is 4. The van der Waals surface area contributed by atoms with Crippen molar-refractivity contribution >= 4 is 22.8 Å². The molecule has 0 bridgehead atoms. The molecule has 18 heavy (non-hydrogen) atoms. The van der Waals surface area contributed by atoms with Gasteiger partial charge in [0.1, 0.15) is 11.3 Å². The zero-order valence-corrected chi connectivity index (χ0v) is 10.2. The number of anilines is 1. The van der Waals surface area contributed by atoms with Crippen LogP contribution in [-0.2, 0) is 7.05 Å². The number of fused-ring (bicyclic) bond motifs is 2. The summed E-state index contributed by atoms with van der Waals surface area (Å²) in [6.07, 6.45) is 8.06. The third-order valence-electron chi connectivity index (χ3n) is 3.58. The number of hydrogen-bond donors (Lipinski definition) is 0. The van der Waals surface area contributed by atoms with Crippen molar-refractivity contribution in [3.8, 4) is 0 Å². The van der Waals surface area contributed by atoms with Crippen LogP contribution < -0.4 is 4.90 Å². The van der Waals surface area contributed by atoms with Crippen molar-refractivity contribution in [2.45, 2.75) is 12.8 Å². The SMILES string of the molecule is Cn1cnc2c(N3CCCC3)n3ccnc3nc21. The van der Waals surface area contributed by atoms with Crippen LogP contribution in [-0.4, -0.2) is 37.0 Å². The number of imidazole rings is 2. The Hall–Kier alpha value is -2.11. The topological polar surface area (TPSA) is 51.2 Å². The Morgan fingerprint density at radius 3 is 2.83 bits per heavy atom. The lowest BCUT2D eigenvalue weighted by atomic mass is 10.4. The minimum absolute atomic E-state index is 0.744. The molecule has 1 fully saturated rings. The summed E-state index contributed by atoms with van der Waals surface area (Å²) in [6.45, 7) is 2.17. The summed E-state index contributed by atoms with van der Waals surface area (Å²) in [5.41, 5.74) is 1.86. The summed E-state index contributed by atoms with van der Waals surface area (Å²) in [5, 5.41) is 0. The maximum Gasteiger partial charge on any atom is 0.237 e. The van der Waals surface area contributed by atoms with Crippen molar-refractivity contribution in [1.82, 2.24) is 23.9 Å². The van der Waals surface area contributed by atoms with Gasteiger partial charge < -0.3 is 9.47 Å². The molecular formula is C12H14N6. The van der Waals surface area contributed by atoms with E-state index in [1.165, 1.54) is 12.8 Å². The molecule has 0 N–H and O–H groups in total. The minimum atomic E-state index is 0.744. The van der Waals surface area contributed by atoms with Gasteiger partial charge in [-0.1, -0.05) is 0 Å². The Morgan fingerprint density at radius 2 is 2.00 bits per heavy atom. The molecule has 0 aliphatic carbocycles. The van der Waals surface area contributed by atoms with Gasteiger partial charge in [0, 0.05) is 32.5 Å². The van der Waals surface area contributed by atoms with Gasteiger partial charge in [-0.05, 0) is 12.8 Å². The van der Waals surface area contributed by atoms with Gasteiger partial charge in [0.25, 0.3) is 0 Å². The van der Waals surface area contributed by atoms with E-state index >= 15 is 0 Å². The van der Waals surface area contributed by atoms with E-state index in [1.807, 2.05) is 28.5 Å². The summed E-state index contributed by atoms with van der Waals surface area (Å²) in [5.74, 6) is 1.87. The third kappa shape index (κ3) is 1.20. The van der Waals surface area contributed by atoms with Crippen molar-refractivity contribution in [3.63, 3.8) is 0 Å². The lowest BCUT2D eigenvalue weighted by Crippen LogP contribution is -2.21. The van der Waals surface area contributed by atoms with Crippen LogP contribution in [0.5, 0.6) is 0 Å². The fraction of sp³-hybridized carbons (Fsp3) is 0.417. The van der Waals surface area contributed by atoms with Crippen LogP contribution in [0.15, 0.2) is 18.7 Å². The second kappa shape index (κ2) is 3.44. The van der Waals surface area contributed by atoms with Crippen molar-refractivity contribution in [3.05, 3.63) is 18.7 Å².